The fourth-order valence-corrected chi connectivity index (χ4v) is 7.25. The number of hydrogen-bond donors (Lipinski definition) is 1. The first-order chi connectivity index (χ1) is 33.6. The lowest BCUT2D eigenvalue weighted by Crippen LogP contribution is -2.37. The van der Waals surface area contributed by atoms with Gasteiger partial charge < -0.3 is 62.3 Å². The Balaban J connectivity index is 1.36. The average molecular weight is 1030 g/mol. The van der Waals surface area contributed by atoms with Crippen LogP contribution in [0.5, 0.6) is 28.7 Å². The zero-order valence-electron chi connectivity index (χ0n) is 37.8. The van der Waals surface area contributed by atoms with Gasteiger partial charge in [-0.3, -0.25) is 38.4 Å². The van der Waals surface area contributed by atoms with E-state index >= 15 is 0 Å². The van der Waals surface area contributed by atoms with Gasteiger partial charge in [0.05, 0.1) is 21.3 Å². The van der Waals surface area contributed by atoms with Crippen LogP contribution in [0.25, 0.3) is 0 Å². The van der Waals surface area contributed by atoms with Gasteiger partial charge in [-0.05, 0) is 36.4 Å². The summed E-state index contributed by atoms with van der Waals surface area (Å²) in [6.45, 7) is 0.890. The standard InChI is InChI=1S/C46H38Cl2N2O21/c1-22(51)62-19-65-41(56)16-50(17-42(57)66-20-63-23(2)52)35-9-7-28(11-40(35)61-18-43(58)67-21-64-24(3)53)49-44(59)27-6-8-30-29(10-27)45(60)71-46(30)31-12-33(47)38(68-25(4)54)14-36(31)70-37-15-39(69-26(5)55)34(48)13-32(37)46/h6-15H,16-21H2,1-5H3,(H,49,59). The van der Waals surface area contributed by atoms with Crippen LogP contribution in [0.1, 0.15) is 72.0 Å². The highest BCUT2D eigenvalue weighted by Crippen LogP contribution is 2.59. The van der Waals surface area contributed by atoms with E-state index in [0.29, 0.717) is 0 Å². The minimum atomic E-state index is -1.85. The lowest BCUT2D eigenvalue weighted by atomic mass is 9.77. The molecule has 0 unspecified atom stereocenters. The Hall–Kier alpha value is -8.44. The Morgan fingerprint density at radius 1 is 0.577 bits per heavy atom. The van der Waals surface area contributed by atoms with Gasteiger partial charge in [-0.2, -0.15) is 0 Å². The van der Waals surface area contributed by atoms with E-state index in [0.717, 1.165) is 39.5 Å². The molecule has 1 N–H and O–H groups in total. The SMILES string of the molecule is CC(=O)OCOC(=O)COc1cc(NC(=O)c2ccc3c(c2)C(=O)OC32c3cc(Cl)c(OC(C)=O)cc3Oc3cc(OC(C)=O)c(Cl)cc32)ccc1N(CC(=O)OCOC(C)=O)CC(=O)OCOC(C)=O. The van der Waals surface area contributed by atoms with Crippen molar-refractivity contribution in [3.63, 3.8) is 0 Å². The van der Waals surface area contributed by atoms with Gasteiger partial charge in [-0.15, -0.1) is 0 Å². The summed E-state index contributed by atoms with van der Waals surface area (Å²) in [5.41, 5.74) is -1.63. The van der Waals surface area contributed by atoms with Crippen molar-refractivity contribution < 1.29 is 100 Å². The zero-order valence-corrected chi connectivity index (χ0v) is 39.3. The van der Waals surface area contributed by atoms with Gasteiger partial charge in [0.25, 0.3) is 5.91 Å². The van der Waals surface area contributed by atoms with E-state index < -0.39 is 105 Å². The van der Waals surface area contributed by atoms with Gasteiger partial charge in [0.15, 0.2) is 23.7 Å². The molecule has 1 amide bonds. The third kappa shape index (κ3) is 12.6. The molecule has 25 heteroatoms. The Kier molecular flexibility index (Phi) is 16.3. The van der Waals surface area contributed by atoms with E-state index in [1.807, 2.05) is 0 Å². The number of esters is 9. The molecule has 4 aromatic carbocycles. The Bertz CT molecular complexity index is 2780. The monoisotopic (exact) mass is 1020 g/mol. The molecular weight excluding hydrogens is 987 g/mol. The van der Waals surface area contributed by atoms with Crippen LogP contribution in [0, 0.1) is 0 Å². The number of nitrogens with one attached hydrogen (secondary N) is 1. The third-order valence-electron chi connectivity index (χ3n) is 9.67. The number of carbonyl (C=O) groups is 10. The highest BCUT2D eigenvalue weighted by Gasteiger charge is 2.54. The van der Waals surface area contributed by atoms with Gasteiger partial charge in [0, 0.05) is 80.8 Å². The molecule has 0 aromatic heterocycles. The molecule has 2 heterocycles. The molecule has 71 heavy (non-hydrogen) atoms. The van der Waals surface area contributed by atoms with Gasteiger partial charge >= 0.3 is 53.7 Å². The first-order valence-corrected chi connectivity index (χ1v) is 21.2. The zero-order chi connectivity index (χ0) is 51.7. The van der Waals surface area contributed by atoms with Crippen LogP contribution in [-0.4, -0.2) is 99.7 Å². The van der Waals surface area contributed by atoms with Crippen molar-refractivity contribution in [3.8, 4) is 28.7 Å². The van der Waals surface area contributed by atoms with Gasteiger partial charge in [-0.25, -0.2) is 9.59 Å². The number of amides is 1. The van der Waals surface area contributed by atoms with Crippen LogP contribution in [-0.2, 0) is 77.1 Å². The predicted octanol–water partition coefficient (Wildman–Crippen LogP) is 5.04. The van der Waals surface area contributed by atoms with Crippen molar-refractivity contribution >= 4 is 94.2 Å². The summed E-state index contributed by atoms with van der Waals surface area (Å²) in [7, 11) is 0. The second-order valence-corrected chi connectivity index (χ2v) is 15.6. The van der Waals surface area contributed by atoms with E-state index in [9.17, 15) is 47.9 Å². The van der Waals surface area contributed by atoms with Crippen LogP contribution < -0.4 is 29.2 Å². The summed E-state index contributed by atoms with van der Waals surface area (Å²) in [4.78, 5) is 125. The number of nitrogens with zero attached hydrogens (tertiary/aromatic N) is 1. The van der Waals surface area contributed by atoms with E-state index in [1.54, 1.807) is 0 Å². The van der Waals surface area contributed by atoms with Crippen molar-refractivity contribution in [1.82, 2.24) is 0 Å². The van der Waals surface area contributed by atoms with Gasteiger partial charge in [-0.1, -0.05) is 29.3 Å². The molecule has 0 saturated carbocycles. The Morgan fingerprint density at radius 2 is 1.08 bits per heavy atom. The van der Waals surface area contributed by atoms with Crippen LogP contribution >= 0.6 is 23.2 Å². The van der Waals surface area contributed by atoms with Gasteiger partial charge in [0.1, 0.15) is 30.3 Å². The number of halogens is 2. The summed E-state index contributed by atoms with van der Waals surface area (Å²) >= 11 is 13.2. The maximum atomic E-state index is 14.0. The summed E-state index contributed by atoms with van der Waals surface area (Å²) in [5, 5.41) is 2.51. The van der Waals surface area contributed by atoms with Crippen LogP contribution in [0.3, 0.4) is 0 Å². The molecule has 2 aliphatic rings. The van der Waals surface area contributed by atoms with Crippen molar-refractivity contribution in [2.75, 3.05) is 50.3 Å². The first kappa shape index (κ1) is 51.9. The van der Waals surface area contributed by atoms with Crippen LogP contribution in [0.4, 0.5) is 11.4 Å². The van der Waals surface area contributed by atoms with Crippen molar-refractivity contribution in [2.45, 2.75) is 40.2 Å². The molecule has 0 fully saturated rings. The maximum Gasteiger partial charge on any atom is 0.347 e. The fraction of sp³-hybridized carbons (Fsp3) is 0.261. The smallest absolute Gasteiger partial charge is 0.347 e. The number of carbonyl (C=O) groups excluding carboxylic acids is 10. The second kappa shape index (κ2) is 22.3. The molecule has 0 radical (unpaired) electrons. The summed E-state index contributed by atoms with van der Waals surface area (Å²) in [6.07, 6.45) is 0. The van der Waals surface area contributed by atoms with E-state index in [1.165, 1.54) is 60.7 Å². The lowest BCUT2D eigenvalue weighted by molar-refractivity contribution is -0.168. The maximum absolute atomic E-state index is 14.0. The molecule has 0 saturated heterocycles. The topological polar surface area (TPSA) is 287 Å². The van der Waals surface area contributed by atoms with Crippen molar-refractivity contribution in [2.24, 2.45) is 0 Å². The molecule has 0 aliphatic carbocycles. The molecule has 2 aliphatic heterocycles. The number of fused-ring (bicyclic) bond motifs is 6. The van der Waals surface area contributed by atoms with E-state index in [-0.39, 0.29) is 78.0 Å². The number of anilines is 2. The molecular formula is C46H38Cl2N2O21. The largest absolute Gasteiger partial charge is 0.480 e. The van der Waals surface area contributed by atoms with Crippen LogP contribution in [0.2, 0.25) is 10.0 Å². The predicted molar refractivity (Wildman–Crippen MR) is 238 cm³/mol. The number of benzene rings is 4. The molecule has 372 valence electrons. The third-order valence-corrected chi connectivity index (χ3v) is 10.3. The van der Waals surface area contributed by atoms with E-state index in [2.05, 4.69) is 19.5 Å². The normalized spacial score (nSPS) is 12.2. The number of hydrogen-bond acceptors (Lipinski definition) is 22. The summed E-state index contributed by atoms with van der Waals surface area (Å²) in [6, 6.07) is 13.2. The van der Waals surface area contributed by atoms with Crippen LogP contribution in [0.15, 0.2) is 60.7 Å². The molecule has 4 aromatic rings. The fourth-order valence-electron chi connectivity index (χ4n) is 6.84. The second-order valence-electron chi connectivity index (χ2n) is 14.8. The molecule has 0 atom stereocenters. The lowest BCUT2D eigenvalue weighted by Gasteiger charge is -2.37. The molecule has 6 rings (SSSR count). The number of rotatable bonds is 18. The first-order valence-electron chi connectivity index (χ1n) is 20.5. The highest BCUT2D eigenvalue weighted by atomic mass is 35.5. The molecule has 23 nitrogen and oxygen atoms in total. The summed E-state index contributed by atoms with van der Waals surface area (Å²) < 4.78 is 57.3. The minimum absolute atomic E-state index is 0.0138. The number of ether oxygens (including phenoxy) is 11. The average Bonchev–Trinajstić information content (AvgIpc) is 3.57. The molecule has 1 spiro atoms. The Labute approximate surface area is 410 Å². The Morgan fingerprint density at radius 3 is 1.58 bits per heavy atom. The minimum Gasteiger partial charge on any atom is -0.480 e. The van der Waals surface area contributed by atoms with Crippen molar-refractivity contribution in [1.29, 1.82) is 0 Å². The van der Waals surface area contributed by atoms with Crippen molar-refractivity contribution in [3.05, 3.63) is 98.5 Å². The van der Waals surface area contributed by atoms with E-state index in [4.69, 9.17) is 61.1 Å². The summed E-state index contributed by atoms with van der Waals surface area (Å²) in [5.74, 6) is -8.90. The highest BCUT2D eigenvalue weighted by molar-refractivity contribution is 6.33. The van der Waals surface area contributed by atoms with Gasteiger partial charge in [0.2, 0.25) is 20.4 Å². The quantitative estimate of drug-likeness (QED) is 0.0591. The molecule has 0 bridgehead atoms.